The van der Waals surface area contributed by atoms with E-state index in [2.05, 4.69) is 55.5 Å². The molecule has 0 radical (unpaired) electrons. The van der Waals surface area contributed by atoms with Crippen LogP contribution >= 0.6 is 35.2 Å². The molecule has 0 aromatic heterocycles. The maximum absolute atomic E-state index is 4.85. The van der Waals surface area contributed by atoms with Crippen LogP contribution in [0.3, 0.4) is 0 Å². The van der Waals surface area contributed by atoms with Crippen LogP contribution in [0.1, 0.15) is 171 Å². The Balaban J connectivity index is 0.000000138. The average molecular weight is 830 g/mol. The fraction of sp³-hybridized carbons (Fsp3) is 0.705. The quantitative estimate of drug-likeness (QED) is 0.141. The van der Waals surface area contributed by atoms with Crippen LogP contribution < -0.4 is 0 Å². The van der Waals surface area contributed by atoms with Gasteiger partial charge in [0.15, 0.2) is 0 Å². The van der Waals surface area contributed by atoms with Crippen LogP contribution in [0, 0.1) is 6.92 Å². The summed E-state index contributed by atoms with van der Waals surface area (Å²) < 4.78 is 0. The van der Waals surface area contributed by atoms with Crippen LogP contribution in [0.4, 0.5) is 0 Å². The number of hydrogen-bond donors (Lipinski definition) is 0. The fourth-order valence-electron chi connectivity index (χ4n) is 10.6. The first-order valence-corrected chi connectivity index (χ1v) is 28.1. The number of rotatable bonds is 8. The molecule has 6 aliphatic carbocycles. The van der Waals surface area contributed by atoms with Gasteiger partial charge in [-0.2, -0.15) is 0 Å². The second-order valence-electron chi connectivity index (χ2n) is 15.9. The molecule has 6 saturated carbocycles. The average Bonchev–Trinajstić information content (AvgIpc) is 3.98. The van der Waals surface area contributed by atoms with Crippen molar-refractivity contribution in [1.82, 2.24) is 0 Å². The topological polar surface area (TPSA) is 0 Å². The van der Waals surface area contributed by atoms with Gasteiger partial charge in [-0.05, 0) is 111 Å². The zero-order valence-corrected chi connectivity index (χ0v) is 35.5. The van der Waals surface area contributed by atoms with Gasteiger partial charge in [0.05, 0.1) is 0 Å². The van der Waals surface area contributed by atoms with Gasteiger partial charge in [-0.15, -0.1) is 5.92 Å². The molecule has 8 rings (SSSR count). The fourth-order valence-corrected chi connectivity index (χ4v) is 19.9. The minimum absolute atomic E-state index is 0.234. The summed E-state index contributed by atoms with van der Waals surface area (Å²) in [5.74, 6) is 0.234. The standard InChI is InChI=1S/2C15H27P.C14H13.2ClH.Ru/c2*1-2-8-13(7-1)16(14-9-3-4-10-14)15-11-5-6-12-15;1-12(13-8-4-2-5-9-13)14-10-6-3-7-11-14;;;/h2*13-15H,1-12H2;2-12H,1H2;2*1H;/q;;-1;;;+2/p-2. The van der Waals surface area contributed by atoms with Gasteiger partial charge in [0.25, 0.3) is 0 Å². The van der Waals surface area contributed by atoms with E-state index in [4.69, 9.17) is 19.4 Å². The third kappa shape index (κ3) is 12.8. The van der Waals surface area contributed by atoms with Gasteiger partial charge in [-0.1, -0.05) is 165 Å². The predicted octanol–water partition coefficient (Wildman–Crippen LogP) is 15.6. The molecule has 49 heavy (non-hydrogen) atoms. The zero-order valence-electron chi connectivity index (χ0n) is 30.5. The van der Waals surface area contributed by atoms with Gasteiger partial charge in [0, 0.05) is 0 Å². The van der Waals surface area contributed by atoms with Gasteiger partial charge in [0.1, 0.15) is 0 Å². The van der Waals surface area contributed by atoms with Crippen molar-refractivity contribution in [2.24, 2.45) is 0 Å². The Morgan fingerprint density at radius 2 is 0.592 bits per heavy atom. The summed E-state index contributed by atoms with van der Waals surface area (Å²) in [7, 11) is 10.6. The van der Waals surface area contributed by atoms with Gasteiger partial charge in [0.2, 0.25) is 0 Å². The van der Waals surface area contributed by atoms with Crippen molar-refractivity contribution >= 4 is 35.2 Å². The van der Waals surface area contributed by atoms with E-state index >= 15 is 0 Å². The Morgan fingerprint density at radius 3 is 0.776 bits per heavy atom. The molecule has 0 spiro atoms. The third-order valence-electron chi connectivity index (χ3n) is 12.9. The van der Waals surface area contributed by atoms with Gasteiger partial charge in [-0.3, -0.25) is 0 Å². The second kappa shape index (κ2) is 23.3. The molecule has 2 aromatic rings. The van der Waals surface area contributed by atoms with Crippen molar-refractivity contribution in [1.29, 1.82) is 0 Å². The Kier molecular flexibility index (Phi) is 19.4. The number of hydrogen-bond acceptors (Lipinski definition) is 0. The van der Waals surface area contributed by atoms with Crippen LogP contribution in [-0.4, -0.2) is 34.0 Å². The van der Waals surface area contributed by atoms with E-state index in [1.807, 2.05) is 12.1 Å². The van der Waals surface area contributed by atoms with Crippen molar-refractivity contribution < 1.29 is 15.1 Å². The Bertz CT molecular complexity index is 935. The van der Waals surface area contributed by atoms with E-state index in [9.17, 15) is 0 Å². The molecule has 0 atom stereocenters. The summed E-state index contributed by atoms with van der Waals surface area (Å²) in [5.41, 5.74) is 9.78. The Labute approximate surface area is 321 Å². The second-order valence-corrected chi connectivity index (χ2v) is 24.8. The van der Waals surface area contributed by atoms with Crippen LogP contribution in [0.25, 0.3) is 0 Å². The predicted molar refractivity (Wildman–Crippen MR) is 219 cm³/mol. The normalized spacial score (nSPS) is 22.9. The molecule has 5 heteroatoms. The molecule has 276 valence electrons. The third-order valence-corrected chi connectivity index (χ3v) is 21.0. The monoisotopic (exact) mass is 829 g/mol. The van der Waals surface area contributed by atoms with Gasteiger partial charge in [-0.25, -0.2) is 0 Å². The van der Waals surface area contributed by atoms with Crippen molar-refractivity contribution in [3.63, 3.8) is 0 Å². The van der Waals surface area contributed by atoms with E-state index < -0.39 is 0 Å². The van der Waals surface area contributed by atoms with Crippen molar-refractivity contribution in [3.05, 3.63) is 78.7 Å². The number of benzene rings is 2. The molecule has 0 N–H and O–H groups in total. The molecule has 6 aliphatic rings. The molecule has 2 aromatic carbocycles. The summed E-state index contributed by atoms with van der Waals surface area (Å²) in [6, 6.07) is 20.7. The van der Waals surface area contributed by atoms with Gasteiger partial charge < -0.3 is 6.92 Å². The van der Waals surface area contributed by atoms with Crippen LogP contribution in [0.5, 0.6) is 0 Å². The van der Waals surface area contributed by atoms with E-state index in [1.54, 1.807) is 154 Å². The minimum atomic E-state index is -0.346. The SMILES string of the molecule is C1CCC(P(C2CCCC2)C2CCCC2)C1.C1CCC(P(C2CCCC2)C2CCCC2)C1.[CH2-]C(c1ccccc1)c1ccccc1.[Cl][Ru][Cl]. The summed E-state index contributed by atoms with van der Waals surface area (Å²) >= 11 is -0.346. The first kappa shape index (κ1) is 40.7. The van der Waals surface area contributed by atoms with E-state index in [1.165, 1.54) is 45.1 Å². The van der Waals surface area contributed by atoms with Crippen molar-refractivity contribution in [2.75, 3.05) is 0 Å². The number of halogens is 2. The molecule has 0 heterocycles. The molecule has 0 aliphatic heterocycles. The van der Waals surface area contributed by atoms with E-state index in [-0.39, 0.29) is 21.1 Å². The Morgan fingerprint density at radius 1 is 0.408 bits per heavy atom. The van der Waals surface area contributed by atoms with Crippen molar-refractivity contribution in [3.8, 4) is 0 Å². The first-order chi connectivity index (χ1) is 24.2. The molecule has 0 saturated heterocycles. The summed E-state index contributed by atoms with van der Waals surface area (Å²) in [5, 5.41) is 0. The zero-order chi connectivity index (χ0) is 34.1. The van der Waals surface area contributed by atoms with Crippen LogP contribution in [-0.2, 0) is 15.1 Å². The van der Waals surface area contributed by atoms with Crippen LogP contribution in [0.2, 0.25) is 0 Å². The van der Waals surface area contributed by atoms with Crippen LogP contribution in [0.15, 0.2) is 60.7 Å². The summed E-state index contributed by atoms with van der Waals surface area (Å²) in [4.78, 5) is 0. The van der Waals surface area contributed by atoms with Gasteiger partial charge >= 0.3 is 34.5 Å². The molecule has 6 fully saturated rings. The first-order valence-electron chi connectivity index (χ1n) is 20.5. The molecule has 0 unspecified atom stereocenters. The molecule has 0 nitrogen and oxygen atoms in total. The van der Waals surface area contributed by atoms with E-state index in [0.717, 1.165) is 0 Å². The van der Waals surface area contributed by atoms with Crippen molar-refractivity contribution in [2.45, 2.75) is 194 Å². The molecule has 0 amide bonds. The summed E-state index contributed by atoms with van der Waals surface area (Å²) in [6.07, 6.45) is 38.0. The van der Waals surface area contributed by atoms with E-state index in [0.29, 0.717) is 15.8 Å². The maximum atomic E-state index is 4.85. The Hall–Kier alpha value is 0.503. The molecular formula is C44H67Cl2P2Ru-. The summed E-state index contributed by atoms with van der Waals surface area (Å²) in [6.45, 7) is 4.18. The molecular weight excluding hydrogens is 762 g/mol. The molecule has 0 bridgehead atoms.